The van der Waals surface area contributed by atoms with Gasteiger partial charge in [0.1, 0.15) is 5.56 Å². The number of carbonyl (C=O) groups is 1. The first-order valence-electron chi connectivity index (χ1n) is 9.78. The van der Waals surface area contributed by atoms with Crippen LogP contribution >= 0.6 is 0 Å². The second-order valence-corrected chi connectivity index (χ2v) is 6.52. The van der Waals surface area contributed by atoms with Gasteiger partial charge in [0.05, 0.1) is 28.9 Å². The number of carbonyl (C=O) groups excluding carboxylic acids is 1. The van der Waals surface area contributed by atoms with Crippen LogP contribution < -0.4 is 10.6 Å². The molecule has 10 heteroatoms. The lowest BCUT2D eigenvalue weighted by atomic mass is 10.1. The molecule has 0 aliphatic carbocycles. The normalized spacial score (nSPS) is 10.1. The number of non-ortho nitro benzene ring substituents is 1. The average molecular weight is 432 g/mol. The zero-order valence-electron chi connectivity index (χ0n) is 17.2. The molecular formula is C22H20N6O4. The molecule has 2 aromatic carbocycles. The Balaban J connectivity index is 1.70. The van der Waals surface area contributed by atoms with E-state index < -0.39 is 10.9 Å². The second kappa shape index (κ2) is 10.5. The van der Waals surface area contributed by atoms with Crippen molar-refractivity contribution in [3.8, 4) is 17.3 Å². The Bertz CT molecular complexity index is 1140. The molecule has 0 bridgehead atoms. The van der Waals surface area contributed by atoms with Crippen LogP contribution in [0.15, 0.2) is 54.7 Å². The van der Waals surface area contributed by atoms with Gasteiger partial charge in [0.15, 0.2) is 0 Å². The number of ether oxygens (including phenoxy) is 1. The van der Waals surface area contributed by atoms with Crippen LogP contribution in [-0.4, -0.2) is 40.6 Å². The van der Waals surface area contributed by atoms with Crippen LogP contribution in [0.3, 0.4) is 0 Å². The lowest BCUT2D eigenvalue weighted by Crippen LogP contribution is -2.16. The fourth-order valence-corrected chi connectivity index (χ4v) is 2.83. The van der Waals surface area contributed by atoms with Crippen LogP contribution in [0, 0.1) is 21.4 Å². The van der Waals surface area contributed by atoms with Crippen molar-refractivity contribution in [2.24, 2.45) is 0 Å². The molecule has 2 N–H and O–H groups in total. The summed E-state index contributed by atoms with van der Waals surface area (Å²) in [5, 5.41) is 25.9. The fraction of sp³-hybridized carbons (Fsp3) is 0.182. The summed E-state index contributed by atoms with van der Waals surface area (Å²) >= 11 is 0. The summed E-state index contributed by atoms with van der Waals surface area (Å²) in [5.41, 5.74) is 2.55. The lowest BCUT2D eigenvalue weighted by Gasteiger charge is -2.12. The van der Waals surface area contributed by atoms with Gasteiger partial charge in [-0.3, -0.25) is 10.1 Å². The van der Waals surface area contributed by atoms with Crippen molar-refractivity contribution in [1.82, 2.24) is 9.97 Å². The van der Waals surface area contributed by atoms with Crippen LogP contribution in [-0.2, 0) is 4.74 Å². The van der Waals surface area contributed by atoms with E-state index in [0.29, 0.717) is 35.9 Å². The Morgan fingerprint density at radius 3 is 2.44 bits per heavy atom. The summed E-state index contributed by atoms with van der Waals surface area (Å²) in [6.45, 7) is 2.91. The first kappa shape index (κ1) is 22.2. The molecule has 10 nitrogen and oxygen atoms in total. The molecule has 32 heavy (non-hydrogen) atoms. The van der Waals surface area contributed by atoms with Gasteiger partial charge in [-0.1, -0.05) is 12.1 Å². The molecule has 1 heterocycles. The summed E-state index contributed by atoms with van der Waals surface area (Å²) in [6, 6.07) is 14.9. The van der Waals surface area contributed by atoms with Gasteiger partial charge in [-0.25, -0.2) is 14.8 Å². The summed E-state index contributed by atoms with van der Waals surface area (Å²) in [7, 11) is 0. The van der Waals surface area contributed by atoms with Gasteiger partial charge in [-0.2, -0.15) is 5.26 Å². The average Bonchev–Trinajstić information content (AvgIpc) is 2.82. The first-order chi connectivity index (χ1) is 15.5. The van der Waals surface area contributed by atoms with Gasteiger partial charge in [0, 0.05) is 42.7 Å². The lowest BCUT2D eigenvalue weighted by molar-refractivity contribution is -0.384. The highest BCUT2D eigenvalue weighted by Gasteiger charge is 2.17. The minimum absolute atomic E-state index is 0.0269. The van der Waals surface area contributed by atoms with Crippen molar-refractivity contribution in [2.45, 2.75) is 6.92 Å². The number of aromatic nitrogens is 2. The van der Waals surface area contributed by atoms with Gasteiger partial charge >= 0.3 is 5.97 Å². The third-order valence-corrected chi connectivity index (χ3v) is 4.39. The Labute approximate surface area is 184 Å². The van der Waals surface area contributed by atoms with Crippen molar-refractivity contribution >= 4 is 23.3 Å². The number of hydrogen-bond donors (Lipinski definition) is 2. The van der Waals surface area contributed by atoms with Crippen molar-refractivity contribution in [3.05, 3.63) is 76.0 Å². The van der Waals surface area contributed by atoms with Gasteiger partial charge in [-0.05, 0) is 31.2 Å². The maximum absolute atomic E-state index is 12.3. The smallest absolute Gasteiger partial charge is 0.341 e. The van der Waals surface area contributed by atoms with E-state index >= 15 is 0 Å². The second-order valence-electron chi connectivity index (χ2n) is 6.52. The van der Waals surface area contributed by atoms with Crippen LogP contribution in [0.2, 0.25) is 0 Å². The molecule has 0 radical (unpaired) electrons. The number of esters is 1. The first-order valence-corrected chi connectivity index (χ1v) is 9.78. The Morgan fingerprint density at radius 1 is 1.12 bits per heavy atom. The highest BCUT2D eigenvalue weighted by Crippen LogP contribution is 2.24. The number of benzene rings is 2. The summed E-state index contributed by atoms with van der Waals surface area (Å²) in [4.78, 5) is 31.3. The third-order valence-electron chi connectivity index (χ3n) is 4.39. The number of nitrogens with zero attached hydrogens (tertiary/aromatic N) is 4. The molecule has 3 rings (SSSR count). The number of nitriles is 1. The molecule has 0 saturated carbocycles. The maximum Gasteiger partial charge on any atom is 0.341 e. The summed E-state index contributed by atoms with van der Waals surface area (Å²) < 4.78 is 5.10. The van der Waals surface area contributed by atoms with E-state index in [1.807, 2.05) is 0 Å². The van der Waals surface area contributed by atoms with Crippen LogP contribution in [0.1, 0.15) is 22.8 Å². The maximum atomic E-state index is 12.3. The van der Waals surface area contributed by atoms with Crippen molar-refractivity contribution in [1.29, 1.82) is 5.26 Å². The molecule has 0 atom stereocenters. The third kappa shape index (κ3) is 5.54. The molecule has 162 valence electrons. The van der Waals surface area contributed by atoms with Crippen LogP contribution in [0.25, 0.3) is 11.3 Å². The summed E-state index contributed by atoms with van der Waals surface area (Å²) in [6.07, 6.45) is 1.41. The van der Waals surface area contributed by atoms with E-state index in [-0.39, 0.29) is 17.9 Å². The Kier molecular flexibility index (Phi) is 7.27. The summed E-state index contributed by atoms with van der Waals surface area (Å²) in [5.74, 6) is -0.207. The number of anilines is 2. The number of nitrogens with one attached hydrogen (secondary N) is 2. The van der Waals surface area contributed by atoms with E-state index in [4.69, 9.17) is 10.00 Å². The van der Waals surface area contributed by atoms with E-state index in [1.165, 1.54) is 18.3 Å². The minimum Gasteiger partial charge on any atom is -0.462 e. The molecule has 0 aliphatic rings. The number of nitro benzene ring substituents is 1. The van der Waals surface area contributed by atoms with Gasteiger partial charge in [-0.15, -0.1) is 0 Å². The van der Waals surface area contributed by atoms with E-state index in [1.54, 1.807) is 43.3 Å². The van der Waals surface area contributed by atoms with Crippen LogP contribution in [0.5, 0.6) is 0 Å². The van der Waals surface area contributed by atoms with Crippen LogP contribution in [0.4, 0.5) is 17.3 Å². The van der Waals surface area contributed by atoms with E-state index in [9.17, 15) is 14.9 Å². The topological polar surface area (TPSA) is 143 Å². The zero-order chi connectivity index (χ0) is 22.9. The number of hydrogen-bond acceptors (Lipinski definition) is 9. The standard InChI is InChI=1S/C22H20N6O4/c1-2-32-21(29)19-14-26-22(27-20(19)16-5-3-15(13-23)4-6-16)25-12-11-24-17-7-9-18(10-8-17)28(30)31/h3-10,14,24H,2,11-12H2,1H3,(H,25,26,27). The highest BCUT2D eigenvalue weighted by atomic mass is 16.6. The van der Waals surface area contributed by atoms with Gasteiger partial charge in [0.25, 0.3) is 5.69 Å². The molecule has 0 aliphatic heterocycles. The highest BCUT2D eigenvalue weighted by molar-refractivity contribution is 5.96. The fourth-order valence-electron chi connectivity index (χ4n) is 2.83. The van der Waals surface area contributed by atoms with Gasteiger partial charge in [0.2, 0.25) is 5.95 Å². The molecule has 0 unspecified atom stereocenters. The molecule has 3 aromatic rings. The van der Waals surface area contributed by atoms with Crippen molar-refractivity contribution in [2.75, 3.05) is 30.3 Å². The molecule has 0 spiro atoms. The number of rotatable bonds is 9. The molecule has 1 aromatic heterocycles. The van der Waals surface area contributed by atoms with Gasteiger partial charge < -0.3 is 15.4 Å². The predicted molar refractivity (Wildman–Crippen MR) is 118 cm³/mol. The zero-order valence-corrected chi connectivity index (χ0v) is 17.2. The largest absolute Gasteiger partial charge is 0.462 e. The molecule has 0 amide bonds. The van der Waals surface area contributed by atoms with Crippen molar-refractivity contribution in [3.63, 3.8) is 0 Å². The minimum atomic E-state index is -0.529. The molecular weight excluding hydrogens is 412 g/mol. The Hall–Kier alpha value is -4.52. The monoisotopic (exact) mass is 432 g/mol. The Morgan fingerprint density at radius 2 is 1.81 bits per heavy atom. The van der Waals surface area contributed by atoms with E-state index in [0.717, 1.165) is 5.69 Å². The SMILES string of the molecule is CCOC(=O)c1cnc(NCCNc2ccc([N+](=O)[O-])cc2)nc1-c1ccc(C#N)cc1. The number of nitro groups is 1. The quantitative estimate of drug-likeness (QED) is 0.224. The molecule has 0 saturated heterocycles. The van der Waals surface area contributed by atoms with E-state index in [2.05, 4.69) is 26.7 Å². The van der Waals surface area contributed by atoms with Crippen molar-refractivity contribution < 1.29 is 14.5 Å². The predicted octanol–water partition coefficient (Wildman–Crippen LogP) is 3.62. The molecule has 0 fully saturated rings.